The molecule has 1 N–H and O–H groups in total. The molecule has 1 saturated heterocycles. The molecule has 180 valence electrons. The summed E-state index contributed by atoms with van der Waals surface area (Å²) < 4.78 is 26.1. The van der Waals surface area contributed by atoms with Gasteiger partial charge in [0, 0.05) is 36.8 Å². The van der Waals surface area contributed by atoms with Gasteiger partial charge in [-0.15, -0.1) is 0 Å². The van der Waals surface area contributed by atoms with E-state index in [4.69, 9.17) is 19.4 Å². The van der Waals surface area contributed by atoms with Gasteiger partial charge < -0.3 is 19.7 Å². The molecule has 2 atom stereocenters. The van der Waals surface area contributed by atoms with Crippen molar-refractivity contribution in [2.24, 2.45) is 0 Å². The zero-order valence-corrected chi connectivity index (χ0v) is 20.4. The number of benzene rings is 2. The van der Waals surface area contributed by atoms with Crippen molar-refractivity contribution in [2.75, 3.05) is 43.6 Å². The predicted octanol–water partition coefficient (Wildman–Crippen LogP) is 4.90. The van der Waals surface area contributed by atoms with Crippen molar-refractivity contribution in [3.63, 3.8) is 0 Å². The maximum atomic E-state index is 14.8. The van der Waals surface area contributed by atoms with Gasteiger partial charge in [-0.1, -0.05) is 18.2 Å². The summed E-state index contributed by atoms with van der Waals surface area (Å²) >= 11 is 0. The summed E-state index contributed by atoms with van der Waals surface area (Å²) in [6, 6.07) is 7.53. The number of rotatable bonds is 6. The van der Waals surface area contributed by atoms with Crippen LogP contribution in [-0.4, -0.2) is 49.5 Å². The van der Waals surface area contributed by atoms with Crippen molar-refractivity contribution in [1.82, 2.24) is 9.97 Å². The second-order valence-corrected chi connectivity index (χ2v) is 9.46. The van der Waals surface area contributed by atoms with Crippen LogP contribution in [0, 0.1) is 19.7 Å². The average molecular weight is 465 g/mol. The van der Waals surface area contributed by atoms with E-state index >= 15 is 0 Å². The van der Waals surface area contributed by atoms with E-state index in [1.54, 1.807) is 20.1 Å². The highest BCUT2D eigenvalue weighted by Crippen LogP contribution is 2.40. The monoisotopic (exact) mass is 464 g/mol. The Morgan fingerprint density at radius 3 is 2.88 bits per heavy atom. The number of nitrogens with one attached hydrogen (secondary N) is 1. The minimum Gasteiger partial charge on any atom is -0.382 e. The van der Waals surface area contributed by atoms with E-state index in [-0.39, 0.29) is 18.0 Å². The van der Waals surface area contributed by atoms with E-state index < -0.39 is 0 Å². The number of halogens is 1. The van der Waals surface area contributed by atoms with E-state index in [0.29, 0.717) is 24.3 Å². The van der Waals surface area contributed by atoms with Crippen LogP contribution >= 0.6 is 0 Å². The molecule has 2 aromatic carbocycles. The summed E-state index contributed by atoms with van der Waals surface area (Å²) in [4.78, 5) is 12.0. The Morgan fingerprint density at radius 1 is 1.24 bits per heavy atom. The molecular formula is C27H33FN4O2. The van der Waals surface area contributed by atoms with E-state index in [1.807, 2.05) is 26.0 Å². The van der Waals surface area contributed by atoms with Gasteiger partial charge in [0.25, 0.3) is 0 Å². The molecule has 0 radical (unpaired) electrons. The molecule has 2 heterocycles. The standard InChI is InChI=1S/C27H33FN4O2/c1-16-7-5-8-20(25(16)28)17(2)29-27-23-13-24(32-11-12-34-19(14-32)15-33-4)21-9-6-10-22(21)26(23)30-18(3)31-27/h5,7-8,13,17,19H,6,9-12,14-15H2,1-4H3,(H,29,30,31)/t17-,19-/m1/s1. The van der Waals surface area contributed by atoms with Crippen molar-refractivity contribution >= 4 is 22.4 Å². The molecule has 0 amide bonds. The molecule has 0 bridgehead atoms. The normalized spacial score (nSPS) is 18.9. The lowest BCUT2D eigenvalue weighted by molar-refractivity contribution is -0.0100. The SMILES string of the molecule is COC[C@H]1CN(c2cc3c(N[C@H](C)c4cccc(C)c4F)nc(C)nc3c3c2CCC3)CCO1. The second-order valence-electron chi connectivity index (χ2n) is 9.46. The van der Waals surface area contributed by atoms with Gasteiger partial charge in [0.1, 0.15) is 17.5 Å². The fourth-order valence-corrected chi connectivity index (χ4v) is 5.36. The van der Waals surface area contributed by atoms with Gasteiger partial charge in [-0.2, -0.15) is 0 Å². The lowest BCUT2D eigenvalue weighted by Gasteiger charge is -2.35. The number of hydrogen-bond acceptors (Lipinski definition) is 6. The first kappa shape index (κ1) is 23.0. The zero-order chi connectivity index (χ0) is 23.8. The molecular weight excluding hydrogens is 431 g/mol. The van der Waals surface area contributed by atoms with E-state index in [2.05, 4.69) is 16.3 Å². The number of hydrogen-bond donors (Lipinski definition) is 1. The van der Waals surface area contributed by atoms with Gasteiger partial charge in [-0.25, -0.2) is 14.4 Å². The molecule has 3 aromatic rings. The van der Waals surface area contributed by atoms with Gasteiger partial charge in [0.2, 0.25) is 0 Å². The van der Waals surface area contributed by atoms with Crippen molar-refractivity contribution in [3.05, 3.63) is 58.2 Å². The van der Waals surface area contributed by atoms with Crippen molar-refractivity contribution in [1.29, 1.82) is 0 Å². The number of ether oxygens (including phenoxy) is 2. The lowest BCUT2D eigenvalue weighted by atomic mass is 10.0. The molecule has 5 rings (SSSR count). The third-order valence-electron chi connectivity index (χ3n) is 7.02. The first-order chi connectivity index (χ1) is 16.5. The summed E-state index contributed by atoms with van der Waals surface area (Å²) in [6.45, 7) is 8.61. The topological polar surface area (TPSA) is 59.5 Å². The smallest absolute Gasteiger partial charge is 0.138 e. The largest absolute Gasteiger partial charge is 0.382 e. The number of anilines is 2. The van der Waals surface area contributed by atoms with Gasteiger partial charge in [-0.3, -0.25) is 0 Å². The van der Waals surface area contributed by atoms with Crippen LogP contribution in [0.2, 0.25) is 0 Å². The molecule has 6 nitrogen and oxygen atoms in total. The van der Waals surface area contributed by atoms with Crippen LogP contribution in [0.5, 0.6) is 0 Å². The molecule has 7 heteroatoms. The maximum Gasteiger partial charge on any atom is 0.138 e. The average Bonchev–Trinajstić information content (AvgIpc) is 3.31. The van der Waals surface area contributed by atoms with Crippen LogP contribution in [0.25, 0.3) is 10.9 Å². The highest BCUT2D eigenvalue weighted by molar-refractivity contribution is 5.96. The number of methoxy groups -OCH3 is 1. The van der Waals surface area contributed by atoms with Gasteiger partial charge in [-0.05, 0) is 62.8 Å². The predicted molar refractivity (Wildman–Crippen MR) is 133 cm³/mol. The van der Waals surface area contributed by atoms with Gasteiger partial charge in [0.05, 0.1) is 30.9 Å². The van der Waals surface area contributed by atoms with Crippen LogP contribution in [0.4, 0.5) is 15.9 Å². The molecule has 0 unspecified atom stereocenters. The Bertz CT molecular complexity index is 1210. The first-order valence-corrected chi connectivity index (χ1v) is 12.2. The molecule has 1 aliphatic carbocycles. The summed E-state index contributed by atoms with van der Waals surface area (Å²) in [5.74, 6) is 1.31. The number of morpholine rings is 1. The Balaban J connectivity index is 1.58. The van der Waals surface area contributed by atoms with Crippen LogP contribution in [0.15, 0.2) is 24.3 Å². The Labute approximate surface area is 200 Å². The fraction of sp³-hybridized carbons (Fsp3) is 0.481. The minimum atomic E-state index is -0.233. The van der Waals surface area contributed by atoms with Crippen molar-refractivity contribution < 1.29 is 13.9 Å². The Morgan fingerprint density at radius 2 is 2.06 bits per heavy atom. The third kappa shape index (κ3) is 4.23. The lowest BCUT2D eigenvalue weighted by Crippen LogP contribution is -2.44. The molecule has 0 spiro atoms. The van der Waals surface area contributed by atoms with Crippen molar-refractivity contribution in [2.45, 2.75) is 52.2 Å². The molecule has 1 fully saturated rings. The van der Waals surface area contributed by atoms with Crippen LogP contribution in [0.1, 0.15) is 47.5 Å². The highest BCUT2D eigenvalue weighted by Gasteiger charge is 2.28. The van der Waals surface area contributed by atoms with Crippen LogP contribution in [-0.2, 0) is 22.3 Å². The summed E-state index contributed by atoms with van der Waals surface area (Å²) in [5.41, 5.74) is 6.27. The maximum absolute atomic E-state index is 14.8. The minimum absolute atomic E-state index is 0.0580. The molecule has 1 aliphatic heterocycles. The Hall–Kier alpha value is -2.77. The Kier molecular flexibility index (Phi) is 6.40. The summed E-state index contributed by atoms with van der Waals surface area (Å²) in [7, 11) is 1.71. The quantitative estimate of drug-likeness (QED) is 0.560. The number of nitrogens with zero attached hydrogens (tertiary/aromatic N) is 3. The number of aromatic nitrogens is 2. The first-order valence-electron chi connectivity index (χ1n) is 12.2. The number of fused-ring (bicyclic) bond motifs is 3. The van der Waals surface area contributed by atoms with Crippen LogP contribution in [0.3, 0.4) is 0 Å². The molecule has 2 aliphatic rings. The summed E-state index contributed by atoms with van der Waals surface area (Å²) in [5, 5.41) is 4.50. The molecule has 0 saturated carbocycles. The van der Waals surface area contributed by atoms with E-state index in [0.717, 1.165) is 54.9 Å². The fourth-order valence-electron chi connectivity index (χ4n) is 5.36. The third-order valence-corrected chi connectivity index (χ3v) is 7.02. The summed E-state index contributed by atoms with van der Waals surface area (Å²) in [6.07, 6.45) is 3.26. The number of aryl methyl sites for hydroxylation is 3. The van der Waals surface area contributed by atoms with Crippen LogP contribution < -0.4 is 10.2 Å². The van der Waals surface area contributed by atoms with Gasteiger partial charge in [0.15, 0.2) is 0 Å². The van der Waals surface area contributed by atoms with Crippen molar-refractivity contribution in [3.8, 4) is 0 Å². The molecule has 34 heavy (non-hydrogen) atoms. The molecule has 1 aromatic heterocycles. The second kappa shape index (κ2) is 9.47. The zero-order valence-electron chi connectivity index (χ0n) is 20.4. The highest BCUT2D eigenvalue weighted by atomic mass is 19.1. The van der Waals surface area contributed by atoms with Gasteiger partial charge >= 0.3 is 0 Å². The van der Waals surface area contributed by atoms with E-state index in [9.17, 15) is 4.39 Å². The van der Waals surface area contributed by atoms with E-state index in [1.165, 1.54) is 16.8 Å².